The zero-order valence-corrected chi connectivity index (χ0v) is 18.6. The molecule has 0 atom stereocenters. The quantitative estimate of drug-likeness (QED) is 0.337. The number of nitrogens with two attached hydrogens (primary N) is 1. The Balaban J connectivity index is 1.86. The maximum Gasteiger partial charge on any atom is 0.336 e. The van der Waals surface area contributed by atoms with Gasteiger partial charge in [0.05, 0.1) is 11.6 Å². The third-order valence-corrected chi connectivity index (χ3v) is 7.07. The smallest absolute Gasteiger partial charge is 0.336 e. The molecule has 6 rings (SSSR count). The lowest BCUT2D eigenvalue weighted by atomic mass is 9.90. The van der Waals surface area contributed by atoms with Crippen molar-refractivity contribution in [2.45, 2.75) is 63.5 Å². The Labute approximate surface area is 194 Å². The number of aromatic carboxylic acids is 1. The van der Waals surface area contributed by atoms with Gasteiger partial charge in [0.1, 0.15) is 5.84 Å². The Bertz CT molecular complexity index is 1450. The predicted molar refractivity (Wildman–Crippen MR) is 129 cm³/mol. The maximum atomic E-state index is 13.4. The largest absolute Gasteiger partial charge is 0.478 e. The van der Waals surface area contributed by atoms with Crippen molar-refractivity contribution in [1.82, 2.24) is 10.3 Å². The summed E-state index contributed by atoms with van der Waals surface area (Å²) in [5, 5.41) is 13.7. The molecule has 2 bridgehead atoms. The van der Waals surface area contributed by atoms with Gasteiger partial charge in [-0.3, -0.25) is 24.4 Å². The molecule has 1 amide bonds. The van der Waals surface area contributed by atoms with E-state index in [9.17, 15) is 24.3 Å². The lowest BCUT2D eigenvalue weighted by Gasteiger charge is -2.18. The number of rotatable bonds is 5. The van der Waals surface area contributed by atoms with Gasteiger partial charge in [0.25, 0.3) is 17.0 Å². The summed E-state index contributed by atoms with van der Waals surface area (Å²) in [6.45, 7) is 0. The molecule has 34 heavy (non-hydrogen) atoms. The second kappa shape index (κ2) is 8.55. The van der Waals surface area contributed by atoms with E-state index in [1.807, 2.05) is 0 Å². The van der Waals surface area contributed by atoms with Gasteiger partial charge in [-0.25, -0.2) is 4.79 Å². The Morgan fingerprint density at radius 1 is 0.941 bits per heavy atom. The lowest BCUT2D eigenvalue weighted by Crippen LogP contribution is -2.33. The first-order valence-corrected chi connectivity index (χ1v) is 11.7. The molecule has 0 radical (unpaired) electrons. The second-order valence-electron chi connectivity index (χ2n) is 9.25. The van der Waals surface area contributed by atoms with Gasteiger partial charge in [0.15, 0.2) is 0 Å². The highest BCUT2D eigenvalue weighted by atomic mass is 16.4. The highest BCUT2D eigenvalue weighted by Gasteiger charge is 2.28. The summed E-state index contributed by atoms with van der Waals surface area (Å²) >= 11 is 0. The van der Waals surface area contributed by atoms with Crippen molar-refractivity contribution >= 4 is 39.3 Å². The number of amidine groups is 1. The minimum atomic E-state index is -1.29. The monoisotopic (exact) mass is 462 g/mol. The minimum absolute atomic E-state index is 0.00222. The normalized spacial score (nSPS) is 17.7. The summed E-state index contributed by atoms with van der Waals surface area (Å²) in [7, 11) is 0. The zero-order valence-electron chi connectivity index (χ0n) is 18.6. The molecule has 0 spiro atoms. The number of benzene rings is 2. The third-order valence-electron chi connectivity index (χ3n) is 7.07. The number of hydrogen-bond donors (Lipinski definition) is 4. The van der Waals surface area contributed by atoms with Crippen LogP contribution >= 0.6 is 0 Å². The van der Waals surface area contributed by atoms with Gasteiger partial charge in [0, 0.05) is 38.7 Å². The van der Waals surface area contributed by atoms with Crippen LogP contribution in [0.1, 0.15) is 77.6 Å². The lowest BCUT2D eigenvalue weighted by molar-refractivity contribution is 0.0697. The number of carboxylic acid groups (broad SMARTS) is 1. The molecule has 2 heterocycles. The Morgan fingerprint density at radius 3 is 2.15 bits per heavy atom. The molecule has 0 saturated heterocycles. The van der Waals surface area contributed by atoms with Crippen LogP contribution in [0, 0.1) is 0 Å². The molecule has 2 saturated carbocycles. The van der Waals surface area contributed by atoms with Gasteiger partial charge in [-0.2, -0.15) is 0 Å². The van der Waals surface area contributed by atoms with E-state index in [4.69, 9.17) is 5.73 Å². The summed E-state index contributed by atoms with van der Waals surface area (Å²) in [5.41, 5.74) is 4.96. The van der Waals surface area contributed by atoms with Crippen LogP contribution < -0.4 is 22.2 Å². The van der Waals surface area contributed by atoms with Crippen molar-refractivity contribution < 1.29 is 14.7 Å². The fourth-order valence-corrected chi connectivity index (χ4v) is 5.42. The molecule has 5 N–H and O–H groups in total. The van der Waals surface area contributed by atoms with Gasteiger partial charge < -0.3 is 16.2 Å². The molecule has 4 aromatic rings. The van der Waals surface area contributed by atoms with E-state index < -0.39 is 23.0 Å². The number of aromatic amines is 1. The summed E-state index contributed by atoms with van der Waals surface area (Å²) in [6.07, 6.45) is 7.41. The number of carbonyl (C=O) groups excluding carboxylic acids is 1. The molecule has 2 aromatic carbocycles. The minimum Gasteiger partial charge on any atom is -0.478 e. The van der Waals surface area contributed by atoms with E-state index in [1.54, 1.807) is 0 Å². The number of aliphatic imine (C=N–C) groups is 1. The number of carboxylic acids is 1. The number of aromatic nitrogens is 1. The fraction of sp³-hybridized carbons (Fsp3) is 0.400. The first-order valence-electron chi connectivity index (χ1n) is 11.7. The van der Waals surface area contributed by atoms with Crippen LogP contribution in [0.25, 0.3) is 21.5 Å². The molecular formula is C25H26N4O5. The summed E-state index contributed by atoms with van der Waals surface area (Å²) in [4.78, 5) is 58.2. The zero-order chi connectivity index (χ0) is 24.0. The standard InChI is InChI=1S/C25H26N4O5/c26-21(27-12-5-1-2-6-12)20-17(25(33)34)11-16(24(32)28-13-7-3-4-8-13)18-14-9-10-15(19(18)20)23(31)29-22(14)30/h9-13H,1-8H2,(H2,26,27)(H,28,32)(H,33,34)(H,29,30,31). The highest BCUT2D eigenvalue weighted by Crippen LogP contribution is 2.33. The first-order chi connectivity index (χ1) is 16.3. The number of hydrogen-bond acceptors (Lipinski definition) is 5. The third kappa shape index (κ3) is 3.70. The van der Waals surface area contributed by atoms with Gasteiger partial charge in [-0.05, 0) is 43.9 Å². The fourth-order valence-electron chi connectivity index (χ4n) is 5.42. The predicted octanol–water partition coefficient (Wildman–Crippen LogP) is 2.50. The van der Waals surface area contributed by atoms with Gasteiger partial charge in [0.2, 0.25) is 0 Å². The Morgan fingerprint density at radius 2 is 1.53 bits per heavy atom. The topological polar surface area (TPSA) is 155 Å². The molecule has 176 valence electrons. The van der Waals surface area contributed by atoms with Crippen LogP contribution in [0.3, 0.4) is 0 Å². The van der Waals surface area contributed by atoms with E-state index in [-0.39, 0.29) is 56.2 Å². The molecular weight excluding hydrogens is 436 g/mol. The van der Waals surface area contributed by atoms with Crippen molar-refractivity contribution in [2.75, 3.05) is 0 Å². The van der Waals surface area contributed by atoms with Crippen LogP contribution in [0.4, 0.5) is 0 Å². The van der Waals surface area contributed by atoms with E-state index in [0.717, 1.165) is 51.4 Å². The molecule has 2 aromatic heterocycles. The van der Waals surface area contributed by atoms with Gasteiger partial charge in [-0.1, -0.05) is 25.7 Å². The van der Waals surface area contributed by atoms with E-state index >= 15 is 0 Å². The average Bonchev–Trinajstić information content (AvgIpc) is 3.47. The van der Waals surface area contributed by atoms with Crippen molar-refractivity contribution in [3.05, 3.63) is 55.6 Å². The van der Waals surface area contributed by atoms with Crippen LogP contribution in [0.2, 0.25) is 0 Å². The molecule has 0 aliphatic heterocycles. The second-order valence-corrected chi connectivity index (χ2v) is 9.25. The van der Waals surface area contributed by atoms with Gasteiger partial charge in [-0.15, -0.1) is 0 Å². The van der Waals surface area contributed by atoms with Crippen molar-refractivity contribution in [3.63, 3.8) is 0 Å². The van der Waals surface area contributed by atoms with E-state index in [2.05, 4.69) is 15.3 Å². The number of amides is 1. The van der Waals surface area contributed by atoms with Crippen molar-refractivity contribution in [2.24, 2.45) is 10.7 Å². The average molecular weight is 463 g/mol. The number of nitrogens with one attached hydrogen (secondary N) is 2. The first kappa shape index (κ1) is 22.1. The molecule has 9 nitrogen and oxygen atoms in total. The number of carbonyl (C=O) groups is 2. The van der Waals surface area contributed by atoms with Crippen LogP contribution in [-0.2, 0) is 0 Å². The molecule has 0 unspecified atom stereocenters. The van der Waals surface area contributed by atoms with Crippen molar-refractivity contribution in [3.8, 4) is 0 Å². The van der Waals surface area contributed by atoms with Crippen LogP contribution in [-0.4, -0.2) is 39.9 Å². The molecule has 2 fully saturated rings. The van der Waals surface area contributed by atoms with E-state index in [1.165, 1.54) is 18.2 Å². The molecule has 2 aliphatic carbocycles. The van der Waals surface area contributed by atoms with Crippen LogP contribution in [0.5, 0.6) is 0 Å². The van der Waals surface area contributed by atoms with Crippen LogP contribution in [0.15, 0.2) is 32.8 Å². The summed E-state index contributed by atoms with van der Waals surface area (Å²) in [6, 6.07) is 4.16. The maximum absolute atomic E-state index is 13.4. The molecule has 2 aliphatic rings. The number of fused-ring (bicyclic) bond motifs is 3. The Hall–Kier alpha value is -3.75. The Kier molecular flexibility index (Phi) is 5.55. The number of nitrogens with zero attached hydrogens (tertiary/aromatic N) is 1. The van der Waals surface area contributed by atoms with Gasteiger partial charge >= 0.3 is 5.97 Å². The summed E-state index contributed by atoms with van der Waals surface area (Å²) in [5.74, 6) is -1.77. The van der Waals surface area contributed by atoms with Crippen molar-refractivity contribution in [1.29, 1.82) is 0 Å². The van der Waals surface area contributed by atoms with E-state index in [0.29, 0.717) is 0 Å². The summed E-state index contributed by atoms with van der Waals surface area (Å²) < 4.78 is 0. The highest BCUT2D eigenvalue weighted by molar-refractivity contribution is 6.27. The molecule has 9 heteroatoms. The SMILES string of the molecule is NC(=NC1CCCC1)c1c(C(=O)O)cc(C(=O)NC2CCCC2)c2c3ccc(c(=O)[nH]c3=O)c12. The number of H-pyrrole nitrogens is 1.